The molecule has 0 aliphatic heterocycles. The summed E-state index contributed by atoms with van der Waals surface area (Å²) in [7, 11) is 0. The standard InChI is InChI=1S/C8H13N5/c1-2-7-11-8-10-6(3-4-9)5-13(8)12-7/h5H,2-4,9H2,1H3,(H,10,11,12). The van der Waals surface area contributed by atoms with Crippen molar-refractivity contribution in [2.45, 2.75) is 19.8 Å². The summed E-state index contributed by atoms with van der Waals surface area (Å²) >= 11 is 0. The van der Waals surface area contributed by atoms with E-state index < -0.39 is 0 Å². The number of nitrogens with zero attached hydrogens (tertiary/aromatic N) is 3. The van der Waals surface area contributed by atoms with Gasteiger partial charge in [0.25, 0.3) is 5.78 Å². The first-order chi connectivity index (χ1) is 6.33. The summed E-state index contributed by atoms with van der Waals surface area (Å²) in [6.07, 6.45) is 3.64. The van der Waals surface area contributed by atoms with Crippen LogP contribution in [0, 0.1) is 0 Å². The lowest BCUT2D eigenvalue weighted by Crippen LogP contribution is -2.02. The van der Waals surface area contributed by atoms with Gasteiger partial charge in [-0.05, 0) is 6.54 Å². The fraction of sp³-hybridized carbons (Fsp3) is 0.500. The average molecular weight is 179 g/mol. The van der Waals surface area contributed by atoms with Crippen LogP contribution in [0.5, 0.6) is 0 Å². The van der Waals surface area contributed by atoms with Gasteiger partial charge in [0.05, 0.1) is 11.9 Å². The first-order valence-corrected chi connectivity index (χ1v) is 4.46. The molecule has 0 aliphatic carbocycles. The molecule has 0 saturated carbocycles. The van der Waals surface area contributed by atoms with Gasteiger partial charge in [-0.3, -0.25) is 5.10 Å². The van der Waals surface area contributed by atoms with E-state index in [0.29, 0.717) is 6.54 Å². The van der Waals surface area contributed by atoms with Crippen LogP contribution in [0.2, 0.25) is 0 Å². The van der Waals surface area contributed by atoms with Crippen molar-refractivity contribution in [3.8, 4) is 0 Å². The van der Waals surface area contributed by atoms with Crippen LogP contribution in [-0.2, 0) is 12.8 Å². The fourth-order valence-corrected chi connectivity index (χ4v) is 1.29. The normalized spacial score (nSPS) is 11.2. The lowest BCUT2D eigenvalue weighted by Gasteiger charge is -1.88. The number of rotatable bonds is 3. The quantitative estimate of drug-likeness (QED) is 0.703. The van der Waals surface area contributed by atoms with Crippen LogP contribution in [0.3, 0.4) is 0 Å². The number of aryl methyl sites for hydroxylation is 1. The number of hydrogen-bond donors (Lipinski definition) is 2. The molecule has 0 amide bonds. The number of fused-ring (bicyclic) bond motifs is 1. The Morgan fingerprint density at radius 2 is 2.38 bits per heavy atom. The molecule has 0 saturated heterocycles. The van der Waals surface area contributed by atoms with E-state index in [1.54, 1.807) is 0 Å². The molecule has 70 valence electrons. The zero-order valence-electron chi connectivity index (χ0n) is 7.62. The highest BCUT2D eigenvalue weighted by Gasteiger charge is 2.04. The maximum absolute atomic E-state index is 5.43. The molecular formula is C8H13N5. The van der Waals surface area contributed by atoms with Crippen molar-refractivity contribution >= 4 is 5.78 Å². The zero-order valence-corrected chi connectivity index (χ0v) is 7.62. The van der Waals surface area contributed by atoms with Crippen LogP contribution in [0.1, 0.15) is 18.4 Å². The first kappa shape index (κ1) is 8.25. The van der Waals surface area contributed by atoms with Crippen LogP contribution in [-0.4, -0.2) is 26.1 Å². The SMILES string of the molecule is CCc1nc2nc(CCN)cn2[nH]1. The Balaban J connectivity index is 2.36. The van der Waals surface area contributed by atoms with Gasteiger partial charge in [0.15, 0.2) is 0 Å². The molecule has 0 aliphatic rings. The summed E-state index contributed by atoms with van der Waals surface area (Å²) in [6, 6.07) is 0. The minimum atomic E-state index is 0.626. The Kier molecular flexibility index (Phi) is 2.02. The van der Waals surface area contributed by atoms with Crippen LogP contribution in [0.15, 0.2) is 6.20 Å². The maximum atomic E-state index is 5.43. The van der Waals surface area contributed by atoms with Gasteiger partial charge in [0.1, 0.15) is 5.82 Å². The average Bonchev–Trinajstić information content (AvgIpc) is 2.61. The van der Waals surface area contributed by atoms with Crippen molar-refractivity contribution < 1.29 is 0 Å². The molecule has 2 heterocycles. The largest absolute Gasteiger partial charge is 0.330 e. The third kappa shape index (κ3) is 1.42. The van der Waals surface area contributed by atoms with Gasteiger partial charge in [-0.15, -0.1) is 0 Å². The van der Waals surface area contributed by atoms with Gasteiger partial charge in [0, 0.05) is 12.8 Å². The number of aromatic amines is 1. The molecule has 2 aromatic heterocycles. The molecule has 0 unspecified atom stereocenters. The third-order valence-corrected chi connectivity index (χ3v) is 1.96. The molecule has 0 bridgehead atoms. The second-order valence-corrected chi connectivity index (χ2v) is 2.96. The highest BCUT2D eigenvalue weighted by Crippen LogP contribution is 2.03. The molecule has 0 atom stereocenters. The summed E-state index contributed by atoms with van der Waals surface area (Å²) in [5.41, 5.74) is 6.42. The Hall–Kier alpha value is -1.36. The smallest absolute Gasteiger partial charge is 0.250 e. The molecule has 0 aromatic carbocycles. The summed E-state index contributed by atoms with van der Waals surface area (Å²) in [4.78, 5) is 8.60. The van der Waals surface area contributed by atoms with E-state index in [0.717, 1.165) is 30.1 Å². The zero-order chi connectivity index (χ0) is 9.26. The number of imidazole rings is 1. The molecule has 0 spiro atoms. The highest BCUT2D eigenvalue weighted by atomic mass is 15.3. The number of nitrogens with one attached hydrogen (secondary N) is 1. The third-order valence-electron chi connectivity index (χ3n) is 1.96. The molecule has 2 rings (SSSR count). The number of H-pyrrole nitrogens is 1. The molecular weight excluding hydrogens is 166 g/mol. The van der Waals surface area contributed by atoms with Gasteiger partial charge in [-0.2, -0.15) is 4.98 Å². The van der Waals surface area contributed by atoms with E-state index in [9.17, 15) is 0 Å². The molecule has 0 fully saturated rings. The van der Waals surface area contributed by atoms with E-state index in [1.807, 2.05) is 10.7 Å². The van der Waals surface area contributed by atoms with Crippen molar-refractivity contribution in [2.24, 2.45) is 5.73 Å². The van der Waals surface area contributed by atoms with E-state index in [2.05, 4.69) is 22.0 Å². The number of aromatic nitrogens is 4. The van der Waals surface area contributed by atoms with Crippen molar-refractivity contribution in [3.05, 3.63) is 17.7 Å². The van der Waals surface area contributed by atoms with Crippen molar-refractivity contribution in [3.63, 3.8) is 0 Å². The molecule has 3 N–H and O–H groups in total. The summed E-state index contributed by atoms with van der Waals surface area (Å²) in [6.45, 7) is 2.68. The summed E-state index contributed by atoms with van der Waals surface area (Å²) in [5.74, 6) is 1.70. The van der Waals surface area contributed by atoms with E-state index in [4.69, 9.17) is 5.73 Å². The topological polar surface area (TPSA) is 72.0 Å². The Morgan fingerprint density at radius 1 is 1.54 bits per heavy atom. The first-order valence-electron chi connectivity index (χ1n) is 4.46. The lowest BCUT2D eigenvalue weighted by atomic mass is 10.3. The Morgan fingerprint density at radius 3 is 3.00 bits per heavy atom. The number of nitrogens with two attached hydrogens (primary N) is 1. The van der Waals surface area contributed by atoms with E-state index >= 15 is 0 Å². The molecule has 2 aromatic rings. The van der Waals surface area contributed by atoms with Gasteiger partial charge in [0.2, 0.25) is 0 Å². The predicted molar refractivity (Wildman–Crippen MR) is 49.5 cm³/mol. The van der Waals surface area contributed by atoms with Crippen molar-refractivity contribution in [1.29, 1.82) is 0 Å². The lowest BCUT2D eigenvalue weighted by molar-refractivity contribution is 0.876. The molecule has 5 heteroatoms. The second-order valence-electron chi connectivity index (χ2n) is 2.96. The minimum absolute atomic E-state index is 0.626. The predicted octanol–water partition coefficient (Wildman–Crippen LogP) is 0.121. The van der Waals surface area contributed by atoms with Gasteiger partial charge < -0.3 is 5.73 Å². The van der Waals surface area contributed by atoms with E-state index in [-0.39, 0.29) is 0 Å². The van der Waals surface area contributed by atoms with Gasteiger partial charge >= 0.3 is 0 Å². The Labute approximate surface area is 76.0 Å². The molecule has 5 nitrogen and oxygen atoms in total. The fourth-order valence-electron chi connectivity index (χ4n) is 1.29. The van der Waals surface area contributed by atoms with Gasteiger partial charge in [-0.1, -0.05) is 6.92 Å². The van der Waals surface area contributed by atoms with Crippen LogP contribution < -0.4 is 5.73 Å². The summed E-state index contributed by atoms with van der Waals surface area (Å²) < 4.78 is 1.84. The van der Waals surface area contributed by atoms with E-state index in [1.165, 1.54) is 0 Å². The number of hydrogen-bond acceptors (Lipinski definition) is 3. The Bertz CT molecular complexity index is 368. The van der Waals surface area contributed by atoms with Crippen LogP contribution >= 0.6 is 0 Å². The van der Waals surface area contributed by atoms with Crippen molar-refractivity contribution in [2.75, 3.05) is 6.54 Å². The van der Waals surface area contributed by atoms with Gasteiger partial charge in [-0.25, -0.2) is 9.50 Å². The molecule has 13 heavy (non-hydrogen) atoms. The minimum Gasteiger partial charge on any atom is -0.330 e. The summed E-state index contributed by atoms with van der Waals surface area (Å²) in [5, 5.41) is 3.13. The highest BCUT2D eigenvalue weighted by molar-refractivity contribution is 5.29. The van der Waals surface area contributed by atoms with Crippen LogP contribution in [0.25, 0.3) is 5.78 Å². The molecule has 0 radical (unpaired) electrons. The maximum Gasteiger partial charge on any atom is 0.250 e. The monoisotopic (exact) mass is 179 g/mol. The van der Waals surface area contributed by atoms with Crippen LogP contribution in [0.4, 0.5) is 0 Å². The van der Waals surface area contributed by atoms with Crippen molar-refractivity contribution in [1.82, 2.24) is 19.6 Å². The second kappa shape index (κ2) is 3.18.